The predicted molar refractivity (Wildman–Crippen MR) is 101 cm³/mol. The van der Waals surface area contributed by atoms with Crippen molar-refractivity contribution in [1.82, 2.24) is 5.32 Å². The van der Waals surface area contributed by atoms with Crippen molar-refractivity contribution in [3.05, 3.63) is 61.9 Å². The Morgan fingerprint density at radius 1 is 1.21 bits per heavy atom. The van der Waals surface area contributed by atoms with Crippen LogP contribution in [-0.2, 0) is 4.79 Å². The lowest BCUT2D eigenvalue weighted by Crippen LogP contribution is -2.28. The highest BCUT2D eigenvalue weighted by Gasteiger charge is 2.11. The van der Waals surface area contributed by atoms with Gasteiger partial charge in [-0.25, -0.2) is 4.39 Å². The predicted octanol–water partition coefficient (Wildman–Crippen LogP) is 4.15. The van der Waals surface area contributed by atoms with E-state index >= 15 is 0 Å². The molecule has 0 aliphatic carbocycles. The highest BCUT2D eigenvalue weighted by molar-refractivity contribution is 14.1. The molecule has 2 amide bonds. The summed E-state index contributed by atoms with van der Waals surface area (Å²) in [7, 11) is 0. The molecule has 0 unspecified atom stereocenters. The van der Waals surface area contributed by atoms with Crippen LogP contribution in [0.15, 0.2) is 36.4 Å². The minimum Gasteiger partial charge on any atom is -0.351 e. The summed E-state index contributed by atoms with van der Waals surface area (Å²) in [6, 6.07) is 9.25. The van der Waals surface area contributed by atoms with E-state index in [1.54, 1.807) is 0 Å². The summed E-state index contributed by atoms with van der Waals surface area (Å²) in [6.07, 6.45) is 0.121. The van der Waals surface area contributed by atoms with Gasteiger partial charge >= 0.3 is 0 Å². The Labute approximate surface area is 157 Å². The van der Waals surface area contributed by atoms with E-state index < -0.39 is 11.7 Å². The molecule has 0 bridgehead atoms. The third-order valence-corrected chi connectivity index (χ3v) is 4.26. The highest BCUT2D eigenvalue weighted by Crippen LogP contribution is 2.18. The summed E-state index contributed by atoms with van der Waals surface area (Å²) < 4.78 is 14.1. The molecule has 0 aliphatic heterocycles. The number of rotatable bonds is 5. The maximum atomic E-state index is 13.0. The van der Waals surface area contributed by atoms with E-state index in [1.807, 2.05) is 25.1 Å². The van der Waals surface area contributed by atoms with Crippen molar-refractivity contribution in [2.45, 2.75) is 13.3 Å². The fourth-order valence-corrected chi connectivity index (χ4v) is 2.94. The second-order valence-electron chi connectivity index (χ2n) is 5.14. The third-order valence-electron chi connectivity index (χ3n) is 3.28. The monoisotopic (exact) mass is 460 g/mol. The van der Waals surface area contributed by atoms with Gasteiger partial charge in [0.05, 0.1) is 10.6 Å². The zero-order valence-corrected chi connectivity index (χ0v) is 15.7. The minimum absolute atomic E-state index is 0.0338. The van der Waals surface area contributed by atoms with Crippen molar-refractivity contribution in [1.29, 1.82) is 0 Å². The SMILES string of the molecule is Cc1cc(I)ccc1NC(=O)CCNC(=O)c1ccc(F)cc1Cl. The zero-order valence-electron chi connectivity index (χ0n) is 12.8. The summed E-state index contributed by atoms with van der Waals surface area (Å²) in [6.45, 7) is 2.07. The zero-order chi connectivity index (χ0) is 17.7. The average Bonchev–Trinajstić information content (AvgIpc) is 2.50. The molecule has 0 aliphatic rings. The van der Waals surface area contributed by atoms with Crippen molar-refractivity contribution in [2.24, 2.45) is 0 Å². The molecule has 0 saturated heterocycles. The van der Waals surface area contributed by atoms with Gasteiger partial charge in [-0.3, -0.25) is 9.59 Å². The van der Waals surface area contributed by atoms with Crippen LogP contribution in [-0.4, -0.2) is 18.4 Å². The van der Waals surface area contributed by atoms with Crippen LogP contribution in [0.2, 0.25) is 5.02 Å². The van der Waals surface area contributed by atoms with Gasteiger partial charge in [0, 0.05) is 22.2 Å². The normalized spacial score (nSPS) is 10.3. The Kier molecular flexibility index (Phi) is 6.56. The molecule has 7 heteroatoms. The Morgan fingerprint density at radius 2 is 1.96 bits per heavy atom. The molecule has 2 aromatic rings. The summed E-state index contributed by atoms with van der Waals surface area (Å²) in [4.78, 5) is 23.9. The Hall–Kier alpha value is -1.67. The summed E-state index contributed by atoms with van der Waals surface area (Å²) in [5, 5.41) is 5.43. The first kappa shape index (κ1) is 18.7. The molecule has 4 nitrogen and oxygen atoms in total. The number of hydrogen-bond donors (Lipinski definition) is 2. The van der Waals surface area contributed by atoms with Gasteiger partial charge in [0.1, 0.15) is 5.82 Å². The number of carbonyl (C=O) groups is 2. The Morgan fingerprint density at radius 3 is 2.62 bits per heavy atom. The molecule has 0 spiro atoms. The summed E-state index contributed by atoms with van der Waals surface area (Å²) in [5.41, 5.74) is 1.89. The molecule has 0 radical (unpaired) electrons. The summed E-state index contributed by atoms with van der Waals surface area (Å²) in [5.74, 6) is -1.16. The quantitative estimate of drug-likeness (QED) is 0.659. The van der Waals surface area contributed by atoms with Crippen LogP contribution in [0.1, 0.15) is 22.3 Å². The second kappa shape index (κ2) is 8.43. The topological polar surface area (TPSA) is 58.2 Å². The van der Waals surface area contributed by atoms with E-state index in [-0.39, 0.29) is 29.5 Å². The number of aryl methyl sites for hydroxylation is 1. The highest BCUT2D eigenvalue weighted by atomic mass is 127. The number of anilines is 1. The van der Waals surface area contributed by atoms with E-state index in [9.17, 15) is 14.0 Å². The largest absolute Gasteiger partial charge is 0.351 e. The molecule has 0 aromatic heterocycles. The van der Waals surface area contributed by atoms with Gasteiger partial charge in [0.25, 0.3) is 5.91 Å². The van der Waals surface area contributed by atoms with Crippen LogP contribution in [0, 0.1) is 16.3 Å². The molecule has 0 saturated carbocycles. The van der Waals surface area contributed by atoms with Crippen LogP contribution >= 0.6 is 34.2 Å². The first-order valence-electron chi connectivity index (χ1n) is 7.16. The lowest BCUT2D eigenvalue weighted by Gasteiger charge is -2.10. The van der Waals surface area contributed by atoms with E-state index in [1.165, 1.54) is 6.07 Å². The van der Waals surface area contributed by atoms with Crippen LogP contribution in [0.3, 0.4) is 0 Å². The van der Waals surface area contributed by atoms with Crippen molar-refractivity contribution in [2.75, 3.05) is 11.9 Å². The maximum Gasteiger partial charge on any atom is 0.252 e. The molecule has 0 atom stereocenters. The van der Waals surface area contributed by atoms with Crippen LogP contribution in [0.5, 0.6) is 0 Å². The average molecular weight is 461 g/mol. The molecule has 24 heavy (non-hydrogen) atoms. The Balaban J connectivity index is 1.85. The molecule has 2 rings (SSSR count). The van der Waals surface area contributed by atoms with Gasteiger partial charge in [-0.2, -0.15) is 0 Å². The van der Waals surface area contributed by atoms with Gasteiger partial charge in [-0.1, -0.05) is 11.6 Å². The van der Waals surface area contributed by atoms with Crippen molar-refractivity contribution in [3.8, 4) is 0 Å². The van der Waals surface area contributed by atoms with E-state index in [0.717, 1.165) is 27.0 Å². The Bertz CT molecular complexity index is 783. The van der Waals surface area contributed by atoms with Gasteiger partial charge in [0.2, 0.25) is 5.91 Å². The summed E-state index contributed by atoms with van der Waals surface area (Å²) >= 11 is 8.02. The van der Waals surface area contributed by atoms with Crippen LogP contribution in [0.4, 0.5) is 10.1 Å². The molecular formula is C17H15ClFIN2O2. The maximum absolute atomic E-state index is 13.0. The van der Waals surface area contributed by atoms with Gasteiger partial charge in [-0.15, -0.1) is 0 Å². The molecule has 2 N–H and O–H groups in total. The molecule has 0 heterocycles. The van der Waals surface area contributed by atoms with Crippen molar-refractivity contribution >= 4 is 51.7 Å². The number of halogens is 3. The number of nitrogens with one attached hydrogen (secondary N) is 2. The van der Waals surface area contributed by atoms with E-state index in [2.05, 4.69) is 33.2 Å². The molecule has 126 valence electrons. The first-order valence-corrected chi connectivity index (χ1v) is 8.62. The van der Waals surface area contributed by atoms with Crippen LogP contribution < -0.4 is 10.6 Å². The van der Waals surface area contributed by atoms with Gasteiger partial charge < -0.3 is 10.6 Å². The molecule has 2 aromatic carbocycles. The smallest absolute Gasteiger partial charge is 0.252 e. The lowest BCUT2D eigenvalue weighted by atomic mass is 10.2. The van der Waals surface area contributed by atoms with Gasteiger partial charge in [0.15, 0.2) is 0 Å². The lowest BCUT2D eigenvalue weighted by molar-refractivity contribution is -0.116. The van der Waals surface area contributed by atoms with E-state index in [4.69, 9.17) is 11.6 Å². The van der Waals surface area contributed by atoms with Crippen molar-refractivity contribution < 1.29 is 14.0 Å². The fourth-order valence-electron chi connectivity index (χ4n) is 2.04. The first-order chi connectivity index (χ1) is 11.4. The number of benzene rings is 2. The van der Waals surface area contributed by atoms with Crippen molar-refractivity contribution in [3.63, 3.8) is 0 Å². The van der Waals surface area contributed by atoms with Crippen LogP contribution in [0.25, 0.3) is 0 Å². The van der Waals surface area contributed by atoms with E-state index in [0.29, 0.717) is 0 Å². The third kappa shape index (κ3) is 5.17. The fraction of sp³-hybridized carbons (Fsp3) is 0.176. The second-order valence-corrected chi connectivity index (χ2v) is 6.79. The number of amides is 2. The minimum atomic E-state index is -0.510. The molecular weight excluding hydrogens is 446 g/mol. The van der Waals surface area contributed by atoms with Gasteiger partial charge in [-0.05, 0) is 71.5 Å². The molecule has 0 fully saturated rings. The number of carbonyl (C=O) groups excluding carboxylic acids is 2. The standard InChI is InChI=1S/C17H15ClFIN2O2/c1-10-8-12(20)3-5-15(10)22-16(23)6-7-21-17(24)13-4-2-11(19)9-14(13)18/h2-5,8-9H,6-7H2,1H3,(H,21,24)(H,22,23). The number of hydrogen-bond acceptors (Lipinski definition) is 2.